The summed E-state index contributed by atoms with van der Waals surface area (Å²) in [7, 11) is 0. The van der Waals surface area contributed by atoms with Crippen molar-refractivity contribution in [1.82, 2.24) is 15.8 Å². The largest absolute Gasteiger partial charge is 0.457 e. The van der Waals surface area contributed by atoms with Crippen LogP contribution >= 0.6 is 0 Å². The van der Waals surface area contributed by atoms with Gasteiger partial charge in [-0.15, -0.1) is 0 Å². The summed E-state index contributed by atoms with van der Waals surface area (Å²) in [6.07, 6.45) is -1.47. The van der Waals surface area contributed by atoms with E-state index in [1.165, 1.54) is 18.2 Å². The molecule has 1 aromatic heterocycles. The van der Waals surface area contributed by atoms with Gasteiger partial charge in [-0.1, -0.05) is 12.1 Å². The van der Waals surface area contributed by atoms with Crippen LogP contribution in [0.1, 0.15) is 26.3 Å². The van der Waals surface area contributed by atoms with Gasteiger partial charge >= 0.3 is 6.18 Å². The van der Waals surface area contributed by atoms with E-state index in [-0.39, 0.29) is 11.1 Å². The lowest BCUT2D eigenvalue weighted by Crippen LogP contribution is -2.41. The molecule has 0 spiro atoms. The van der Waals surface area contributed by atoms with Crippen molar-refractivity contribution in [2.45, 2.75) is 6.18 Å². The van der Waals surface area contributed by atoms with E-state index >= 15 is 0 Å². The highest BCUT2D eigenvalue weighted by Gasteiger charge is 2.30. The Morgan fingerprint density at radius 3 is 2.00 bits per heavy atom. The molecule has 0 radical (unpaired) electrons. The number of halogens is 3. The van der Waals surface area contributed by atoms with E-state index in [0.29, 0.717) is 17.6 Å². The monoisotopic (exact) mass is 401 g/mol. The van der Waals surface area contributed by atoms with Crippen LogP contribution in [0.3, 0.4) is 0 Å². The van der Waals surface area contributed by atoms with Gasteiger partial charge in [0.15, 0.2) is 0 Å². The number of nitrogens with one attached hydrogen (secondary N) is 2. The number of hydrogen-bond donors (Lipinski definition) is 2. The molecule has 0 fully saturated rings. The highest BCUT2D eigenvalue weighted by atomic mass is 19.4. The van der Waals surface area contributed by atoms with Crippen LogP contribution in [-0.4, -0.2) is 16.8 Å². The third-order valence-electron chi connectivity index (χ3n) is 3.72. The summed E-state index contributed by atoms with van der Waals surface area (Å²) in [5.41, 5.74) is 3.23. The van der Waals surface area contributed by atoms with E-state index in [4.69, 9.17) is 4.74 Å². The molecule has 2 N–H and O–H groups in total. The lowest BCUT2D eigenvalue weighted by molar-refractivity contribution is -0.137. The SMILES string of the molecule is O=C(NNC(=O)c1cccc(C(F)(F)F)c1)c1cccc(Oc2ccncc2)c1. The molecule has 0 unspecified atom stereocenters. The number of rotatable bonds is 4. The van der Waals surface area contributed by atoms with Gasteiger partial charge in [-0.25, -0.2) is 0 Å². The summed E-state index contributed by atoms with van der Waals surface area (Å²) in [5, 5.41) is 0. The fourth-order valence-corrected chi connectivity index (χ4v) is 2.34. The van der Waals surface area contributed by atoms with Crippen molar-refractivity contribution >= 4 is 11.8 Å². The zero-order chi connectivity index (χ0) is 20.9. The number of hydrazine groups is 1. The molecule has 29 heavy (non-hydrogen) atoms. The van der Waals surface area contributed by atoms with Gasteiger partial charge < -0.3 is 4.74 Å². The molecular formula is C20H14F3N3O3. The van der Waals surface area contributed by atoms with E-state index in [1.807, 2.05) is 0 Å². The number of carbonyl (C=O) groups excluding carboxylic acids is 2. The first kappa shape index (κ1) is 19.9. The average Bonchev–Trinajstić information content (AvgIpc) is 2.72. The van der Waals surface area contributed by atoms with E-state index in [0.717, 1.165) is 12.1 Å². The molecule has 0 aliphatic heterocycles. The molecule has 1 heterocycles. The molecule has 148 valence electrons. The molecule has 3 rings (SSSR count). The van der Waals surface area contributed by atoms with E-state index in [9.17, 15) is 22.8 Å². The van der Waals surface area contributed by atoms with Gasteiger partial charge in [-0.3, -0.25) is 25.4 Å². The van der Waals surface area contributed by atoms with Crippen LogP contribution < -0.4 is 15.6 Å². The van der Waals surface area contributed by atoms with Crippen molar-refractivity contribution in [2.75, 3.05) is 0 Å². The zero-order valence-electron chi connectivity index (χ0n) is 14.7. The average molecular weight is 401 g/mol. The minimum Gasteiger partial charge on any atom is -0.457 e. The number of alkyl halides is 3. The summed E-state index contributed by atoms with van der Waals surface area (Å²) >= 11 is 0. The second kappa shape index (κ2) is 8.42. The van der Waals surface area contributed by atoms with Crippen molar-refractivity contribution < 1.29 is 27.5 Å². The molecule has 6 nitrogen and oxygen atoms in total. The molecule has 3 aromatic rings. The molecule has 2 aromatic carbocycles. The Kier molecular flexibility index (Phi) is 5.77. The third-order valence-corrected chi connectivity index (χ3v) is 3.72. The molecule has 0 saturated carbocycles. The van der Waals surface area contributed by atoms with E-state index in [2.05, 4.69) is 15.8 Å². The maximum Gasteiger partial charge on any atom is 0.416 e. The Bertz CT molecular complexity index is 1020. The van der Waals surface area contributed by atoms with Gasteiger partial charge in [0.2, 0.25) is 0 Å². The van der Waals surface area contributed by atoms with Crippen LogP contribution in [0.4, 0.5) is 13.2 Å². The van der Waals surface area contributed by atoms with Crippen molar-refractivity contribution in [3.05, 3.63) is 89.7 Å². The van der Waals surface area contributed by atoms with Gasteiger partial charge in [0.1, 0.15) is 11.5 Å². The van der Waals surface area contributed by atoms with Gasteiger partial charge in [-0.05, 0) is 48.5 Å². The second-order valence-electron chi connectivity index (χ2n) is 5.80. The third kappa shape index (κ3) is 5.32. The second-order valence-corrected chi connectivity index (χ2v) is 5.80. The number of ether oxygens (including phenoxy) is 1. The highest BCUT2D eigenvalue weighted by molar-refractivity contribution is 5.99. The molecule has 2 amide bonds. The first-order valence-electron chi connectivity index (χ1n) is 8.29. The number of benzene rings is 2. The first-order valence-corrected chi connectivity index (χ1v) is 8.29. The highest BCUT2D eigenvalue weighted by Crippen LogP contribution is 2.29. The first-order chi connectivity index (χ1) is 13.8. The van der Waals surface area contributed by atoms with Crippen molar-refractivity contribution in [1.29, 1.82) is 0 Å². The van der Waals surface area contributed by atoms with Gasteiger partial charge in [0.25, 0.3) is 11.8 Å². The number of aromatic nitrogens is 1. The molecule has 0 aliphatic rings. The van der Waals surface area contributed by atoms with E-state index in [1.54, 1.807) is 36.7 Å². The number of carbonyl (C=O) groups is 2. The van der Waals surface area contributed by atoms with Crippen LogP contribution in [0.2, 0.25) is 0 Å². The van der Waals surface area contributed by atoms with Gasteiger partial charge in [0, 0.05) is 23.5 Å². The van der Waals surface area contributed by atoms with Gasteiger partial charge in [-0.2, -0.15) is 13.2 Å². The van der Waals surface area contributed by atoms with Gasteiger partial charge in [0.05, 0.1) is 5.56 Å². The lowest BCUT2D eigenvalue weighted by atomic mass is 10.1. The minimum atomic E-state index is -4.57. The zero-order valence-corrected chi connectivity index (χ0v) is 14.7. The van der Waals surface area contributed by atoms with Crippen LogP contribution in [0.25, 0.3) is 0 Å². The Balaban J connectivity index is 1.64. The fraction of sp³-hybridized carbons (Fsp3) is 0.0500. The van der Waals surface area contributed by atoms with Crippen molar-refractivity contribution in [3.63, 3.8) is 0 Å². The summed E-state index contributed by atoms with van der Waals surface area (Å²) < 4.78 is 43.8. The summed E-state index contributed by atoms with van der Waals surface area (Å²) in [4.78, 5) is 28.2. The maximum absolute atomic E-state index is 12.7. The lowest BCUT2D eigenvalue weighted by Gasteiger charge is -2.11. The summed E-state index contributed by atoms with van der Waals surface area (Å²) in [6, 6.07) is 13.3. The maximum atomic E-state index is 12.7. The number of pyridine rings is 1. The fourth-order valence-electron chi connectivity index (χ4n) is 2.34. The van der Waals surface area contributed by atoms with Crippen LogP contribution in [-0.2, 0) is 6.18 Å². The van der Waals surface area contributed by atoms with Crippen molar-refractivity contribution in [3.8, 4) is 11.5 Å². The molecule has 0 atom stereocenters. The Hall–Kier alpha value is -3.88. The van der Waals surface area contributed by atoms with Crippen LogP contribution in [0, 0.1) is 0 Å². The van der Waals surface area contributed by atoms with E-state index < -0.39 is 23.6 Å². The number of amides is 2. The molecule has 0 aliphatic carbocycles. The Morgan fingerprint density at radius 1 is 0.793 bits per heavy atom. The van der Waals surface area contributed by atoms with Crippen LogP contribution in [0.5, 0.6) is 11.5 Å². The smallest absolute Gasteiger partial charge is 0.416 e. The quantitative estimate of drug-likeness (QED) is 0.649. The predicted octanol–water partition coefficient (Wildman–Crippen LogP) is 3.97. The molecule has 0 saturated heterocycles. The standard InChI is InChI=1S/C20H14F3N3O3/c21-20(22,23)15-5-1-3-13(11-15)18(27)25-26-19(28)14-4-2-6-17(12-14)29-16-7-9-24-10-8-16/h1-12H,(H,25,27)(H,26,28). The molecule has 9 heteroatoms. The normalized spacial score (nSPS) is 10.9. The van der Waals surface area contributed by atoms with Crippen LogP contribution in [0.15, 0.2) is 73.1 Å². The topological polar surface area (TPSA) is 80.3 Å². The number of nitrogens with zero attached hydrogens (tertiary/aromatic N) is 1. The summed E-state index contributed by atoms with van der Waals surface area (Å²) in [6.45, 7) is 0. The Labute approximate surface area is 163 Å². The Morgan fingerprint density at radius 2 is 1.38 bits per heavy atom. The van der Waals surface area contributed by atoms with Crippen molar-refractivity contribution in [2.24, 2.45) is 0 Å². The number of hydrogen-bond acceptors (Lipinski definition) is 4. The predicted molar refractivity (Wildman–Crippen MR) is 97.1 cm³/mol. The minimum absolute atomic E-state index is 0.181. The molecule has 0 bridgehead atoms. The summed E-state index contributed by atoms with van der Waals surface area (Å²) in [5.74, 6) is -0.636. The molecular weight excluding hydrogens is 387 g/mol.